The van der Waals surface area contributed by atoms with Crippen LogP contribution in [0.1, 0.15) is 64.3 Å². The van der Waals surface area contributed by atoms with E-state index in [0.29, 0.717) is 0 Å². The highest BCUT2D eigenvalue weighted by Crippen LogP contribution is 2.48. The molecular weight excluding hydrogens is 406 g/mol. The first-order chi connectivity index (χ1) is 13.5. The number of imidazole rings is 2. The molecule has 0 aliphatic carbocycles. The zero-order valence-electron chi connectivity index (χ0n) is 21.7. The molecule has 4 nitrogen and oxygen atoms in total. The average Bonchev–Trinajstić information content (AvgIpc) is 2.91. The van der Waals surface area contributed by atoms with Gasteiger partial charge in [-0.05, 0) is 65.6 Å². The predicted molar refractivity (Wildman–Crippen MR) is 134 cm³/mol. The van der Waals surface area contributed by atoms with Gasteiger partial charge in [0.2, 0.25) is 0 Å². The van der Waals surface area contributed by atoms with E-state index in [0.717, 1.165) is 0 Å². The smallest absolute Gasteiger partial charge is 0.140 e. The highest BCUT2D eigenvalue weighted by atomic mass is 31.1. The maximum Gasteiger partial charge on any atom is 0.140 e. The Balaban J connectivity index is 3.09. The van der Waals surface area contributed by atoms with Crippen molar-refractivity contribution in [2.45, 2.75) is 69.2 Å². The third-order valence-electron chi connectivity index (χ3n) is 6.33. The topological polar surface area (TPSA) is 19.7 Å². The number of hydrogen-bond acceptors (Lipinski definition) is 0. The quantitative estimate of drug-likeness (QED) is 0.432. The third-order valence-corrected chi connectivity index (χ3v) is 10.3. The van der Waals surface area contributed by atoms with Gasteiger partial charge in [-0.1, -0.05) is 41.5 Å². The summed E-state index contributed by atoms with van der Waals surface area (Å²) in [5, 5.41) is 5.72. The number of allylic oxidation sites excluding steroid dienone is 2. The summed E-state index contributed by atoms with van der Waals surface area (Å²) in [6.07, 6.45) is 0. The molecule has 0 aromatic carbocycles. The van der Waals surface area contributed by atoms with Crippen molar-refractivity contribution in [2.75, 3.05) is 0 Å². The second kappa shape index (κ2) is 8.36. The lowest BCUT2D eigenvalue weighted by Crippen LogP contribution is -2.15. The lowest BCUT2D eigenvalue weighted by Gasteiger charge is -2.29. The lowest BCUT2D eigenvalue weighted by atomic mass is 9.88. The summed E-state index contributed by atoms with van der Waals surface area (Å²) in [7, 11) is 11.4. The van der Waals surface area contributed by atoms with Gasteiger partial charge in [-0.3, -0.25) is 0 Å². The Morgan fingerprint density at radius 1 is 0.500 bits per heavy atom. The molecule has 2 aromatic rings. The highest BCUT2D eigenvalue weighted by molar-refractivity contribution is 7.39. The highest BCUT2D eigenvalue weighted by Gasteiger charge is 2.28. The molecule has 168 valence electrons. The van der Waals surface area contributed by atoms with E-state index in [4.69, 9.17) is 0 Å². The van der Waals surface area contributed by atoms with Crippen LogP contribution in [0.3, 0.4) is 0 Å². The van der Waals surface area contributed by atoms with Crippen molar-refractivity contribution < 1.29 is 0 Å². The molecule has 0 atom stereocenters. The Morgan fingerprint density at radius 2 is 0.700 bits per heavy atom. The van der Waals surface area contributed by atoms with E-state index in [1.807, 2.05) is 0 Å². The Kier molecular flexibility index (Phi) is 6.97. The summed E-state index contributed by atoms with van der Waals surface area (Å²) in [5.74, 6) is 0. The molecule has 0 aliphatic heterocycles. The normalized spacial score (nSPS) is 14.1. The minimum absolute atomic E-state index is 0.0735. The van der Waals surface area contributed by atoms with Gasteiger partial charge in [0.05, 0.1) is 0 Å². The Morgan fingerprint density at radius 3 is 0.867 bits per heavy atom. The Bertz CT molecular complexity index is 983. The minimum atomic E-state index is 0.0735. The van der Waals surface area contributed by atoms with Crippen molar-refractivity contribution >= 4 is 16.4 Å². The van der Waals surface area contributed by atoms with E-state index < -0.39 is 0 Å². The lowest BCUT2D eigenvalue weighted by molar-refractivity contribution is 0.485. The molecule has 0 unspecified atom stereocenters. The molecule has 2 rings (SSSR count). The SMILES string of the molecule is Cc1c(C)n(C)c(=P/C(=C(/P=c2n(C)c(C)c(C)n2C)C(C)(C)C)C(C)(C)C)n1C. The average molecular weight is 449 g/mol. The van der Waals surface area contributed by atoms with Crippen LogP contribution in [0.15, 0.2) is 10.6 Å². The van der Waals surface area contributed by atoms with E-state index in [2.05, 4.69) is 116 Å². The largest absolute Gasteiger partial charge is 0.329 e. The van der Waals surface area contributed by atoms with Crippen LogP contribution in [-0.4, -0.2) is 18.3 Å². The van der Waals surface area contributed by atoms with E-state index >= 15 is 0 Å². The van der Waals surface area contributed by atoms with Crippen LogP contribution in [0.4, 0.5) is 0 Å². The van der Waals surface area contributed by atoms with Gasteiger partial charge in [-0.2, -0.15) is 0 Å². The molecule has 0 spiro atoms. The van der Waals surface area contributed by atoms with Gasteiger partial charge in [-0.15, -0.1) is 0 Å². The molecule has 0 bridgehead atoms. The monoisotopic (exact) mass is 448 g/mol. The van der Waals surface area contributed by atoms with Crippen molar-refractivity contribution in [1.29, 1.82) is 0 Å². The summed E-state index contributed by atoms with van der Waals surface area (Å²) < 4.78 is 9.43. The van der Waals surface area contributed by atoms with Gasteiger partial charge in [0.1, 0.15) is 10.4 Å². The molecule has 0 saturated heterocycles. The second-order valence-electron chi connectivity index (χ2n) is 10.6. The summed E-state index contributed by atoms with van der Waals surface area (Å²) in [5.41, 5.74) is 5.49. The van der Waals surface area contributed by atoms with Gasteiger partial charge < -0.3 is 18.3 Å². The van der Waals surface area contributed by atoms with Crippen molar-refractivity contribution in [3.63, 3.8) is 0 Å². The Hall–Kier alpha value is -1.24. The number of hydrogen-bond donors (Lipinski definition) is 0. The maximum atomic E-state index is 2.36. The van der Waals surface area contributed by atoms with E-state index in [9.17, 15) is 0 Å². The molecule has 2 heterocycles. The first-order valence-electron chi connectivity index (χ1n) is 10.7. The minimum Gasteiger partial charge on any atom is -0.329 e. The molecule has 0 saturated carbocycles. The molecule has 0 N–H and O–H groups in total. The van der Waals surface area contributed by atoms with Gasteiger partial charge >= 0.3 is 0 Å². The van der Waals surface area contributed by atoms with Crippen LogP contribution in [0.2, 0.25) is 0 Å². The van der Waals surface area contributed by atoms with Gasteiger partial charge in [0.25, 0.3) is 0 Å². The fraction of sp³-hybridized carbons (Fsp3) is 0.667. The van der Waals surface area contributed by atoms with Gasteiger partial charge in [0, 0.05) is 51.0 Å². The van der Waals surface area contributed by atoms with Crippen LogP contribution >= 0.6 is 16.4 Å². The zero-order valence-corrected chi connectivity index (χ0v) is 23.5. The second-order valence-corrected chi connectivity index (χ2v) is 12.7. The van der Waals surface area contributed by atoms with Gasteiger partial charge in [-0.25, -0.2) is 0 Å². The van der Waals surface area contributed by atoms with E-state index in [1.165, 1.54) is 60.2 Å². The first kappa shape index (κ1) is 25.0. The number of nitrogens with zero attached hydrogens (tertiary/aromatic N) is 4. The molecule has 30 heavy (non-hydrogen) atoms. The van der Waals surface area contributed by atoms with Crippen molar-refractivity contribution in [2.24, 2.45) is 39.0 Å². The molecule has 2 aromatic heterocycles. The standard InChI is InChI=1S/C24H42N4P2/c1-15-16(2)26(12)21(25(15)11)29-19(23(5,6)7)20(24(8,9)10)30-22-27(13)17(3)18(4)28(22)14/h1-14H3/b20-19+. The van der Waals surface area contributed by atoms with E-state index in [-0.39, 0.29) is 10.8 Å². The van der Waals surface area contributed by atoms with Crippen LogP contribution in [0.5, 0.6) is 0 Å². The van der Waals surface area contributed by atoms with Crippen molar-refractivity contribution in [3.8, 4) is 0 Å². The van der Waals surface area contributed by atoms with Crippen molar-refractivity contribution in [3.05, 3.63) is 43.8 Å². The number of rotatable bonds is 2. The van der Waals surface area contributed by atoms with Gasteiger partial charge in [0.15, 0.2) is 0 Å². The zero-order chi connectivity index (χ0) is 23.3. The summed E-state index contributed by atoms with van der Waals surface area (Å²) in [4.78, 5) is 0. The van der Waals surface area contributed by atoms with Crippen LogP contribution in [0.25, 0.3) is 0 Å². The fourth-order valence-corrected chi connectivity index (χ4v) is 7.13. The van der Waals surface area contributed by atoms with E-state index in [1.54, 1.807) is 0 Å². The predicted octanol–water partition coefficient (Wildman–Crippen LogP) is 7.23. The Labute approximate surface area is 186 Å². The van der Waals surface area contributed by atoms with Crippen LogP contribution < -0.4 is 0 Å². The molecule has 0 aliphatic rings. The van der Waals surface area contributed by atoms with Crippen molar-refractivity contribution in [1.82, 2.24) is 18.3 Å². The molecule has 6 heteroatoms. The van der Waals surface area contributed by atoms with Crippen LogP contribution in [-0.2, 0) is 28.2 Å². The molecule has 0 amide bonds. The first-order valence-corrected chi connectivity index (χ1v) is 12.5. The molecular formula is C24H42N4P2. The fourth-order valence-electron chi connectivity index (χ4n) is 3.67. The summed E-state index contributed by atoms with van der Waals surface area (Å²) in [6.45, 7) is 23.0. The molecule has 0 fully saturated rings. The summed E-state index contributed by atoms with van der Waals surface area (Å²) >= 11 is 0. The molecule has 0 radical (unpaired) electrons. The number of aromatic nitrogens is 4. The summed E-state index contributed by atoms with van der Waals surface area (Å²) in [6, 6.07) is 0. The third kappa shape index (κ3) is 4.51. The maximum absolute atomic E-state index is 2.36. The van der Waals surface area contributed by atoms with Crippen LogP contribution in [0, 0.1) is 48.9 Å².